The van der Waals surface area contributed by atoms with Gasteiger partial charge in [-0.1, -0.05) is 30.3 Å². The van der Waals surface area contributed by atoms with E-state index in [0.717, 1.165) is 10.5 Å². The molecule has 0 aliphatic heterocycles. The topological polar surface area (TPSA) is 84.5 Å². The van der Waals surface area contributed by atoms with Gasteiger partial charge in [0.25, 0.3) is 15.9 Å². The predicted octanol–water partition coefficient (Wildman–Crippen LogP) is 4.78. The van der Waals surface area contributed by atoms with E-state index in [2.05, 4.69) is 10.0 Å². The van der Waals surface area contributed by atoms with Crippen LogP contribution >= 0.6 is 11.8 Å². The average Bonchev–Trinajstić information content (AvgIpc) is 2.74. The van der Waals surface area contributed by atoms with Gasteiger partial charge in [-0.25, -0.2) is 8.42 Å². The van der Waals surface area contributed by atoms with Crippen molar-refractivity contribution in [2.45, 2.75) is 16.7 Å². The van der Waals surface area contributed by atoms with Crippen molar-refractivity contribution in [2.75, 3.05) is 23.4 Å². The number of sulfonamides is 1. The Balaban J connectivity index is 1.93. The highest BCUT2D eigenvalue weighted by molar-refractivity contribution is 7.99. The van der Waals surface area contributed by atoms with Crippen molar-refractivity contribution in [3.05, 3.63) is 77.9 Å². The molecule has 8 heteroatoms. The highest BCUT2D eigenvalue weighted by Gasteiger charge is 2.19. The zero-order chi connectivity index (χ0) is 21.7. The third kappa shape index (κ3) is 4.77. The Morgan fingerprint density at radius 2 is 1.67 bits per heavy atom. The molecule has 0 spiro atoms. The standard InChI is InChI=1S/C22H22N2O4S2/c1-15-8-4-5-9-17(15)22(25)23-19-14-16(12-13-20(19)28-2)30(26,27)24-18-10-6-7-11-21(18)29-3/h4-14,24H,1-3H3,(H,23,25). The number of anilines is 2. The van der Waals surface area contributed by atoms with Crippen LogP contribution in [0.1, 0.15) is 15.9 Å². The van der Waals surface area contributed by atoms with Crippen molar-refractivity contribution in [3.63, 3.8) is 0 Å². The van der Waals surface area contributed by atoms with Crippen LogP contribution in [-0.4, -0.2) is 27.7 Å². The number of carbonyl (C=O) groups excluding carboxylic acids is 1. The first-order valence-electron chi connectivity index (χ1n) is 9.06. The molecule has 0 atom stereocenters. The molecule has 1 amide bonds. The van der Waals surface area contributed by atoms with Crippen LogP contribution in [0.25, 0.3) is 0 Å². The quantitative estimate of drug-likeness (QED) is 0.515. The molecule has 3 aromatic carbocycles. The fourth-order valence-corrected chi connectivity index (χ4v) is 4.63. The number of hydrogen-bond acceptors (Lipinski definition) is 5. The summed E-state index contributed by atoms with van der Waals surface area (Å²) in [5.74, 6) is 0.0158. The number of ether oxygens (including phenoxy) is 1. The van der Waals surface area contributed by atoms with Crippen molar-refractivity contribution in [2.24, 2.45) is 0 Å². The van der Waals surface area contributed by atoms with Crippen LogP contribution in [0.2, 0.25) is 0 Å². The van der Waals surface area contributed by atoms with Gasteiger partial charge in [0, 0.05) is 10.5 Å². The van der Waals surface area contributed by atoms with Crippen LogP contribution in [0.5, 0.6) is 5.75 Å². The Morgan fingerprint density at radius 3 is 2.37 bits per heavy atom. The van der Waals surface area contributed by atoms with E-state index in [1.807, 2.05) is 37.4 Å². The molecule has 0 heterocycles. The van der Waals surface area contributed by atoms with Gasteiger partial charge >= 0.3 is 0 Å². The first kappa shape index (κ1) is 21.7. The number of thioether (sulfide) groups is 1. The Labute approximate surface area is 180 Å². The van der Waals surface area contributed by atoms with E-state index in [0.29, 0.717) is 17.0 Å². The average molecular weight is 443 g/mol. The van der Waals surface area contributed by atoms with Crippen molar-refractivity contribution >= 4 is 39.1 Å². The molecule has 0 aliphatic carbocycles. The van der Waals surface area contributed by atoms with E-state index in [-0.39, 0.29) is 16.5 Å². The van der Waals surface area contributed by atoms with E-state index < -0.39 is 10.0 Å². The molecule has 0 aliphatic rings. The number of para-hydroxylation sites is 1. The highest BCUT2D eigenvalue weighted by Crippen LogP contribution is 2.31. The molecule has 0 saturated carbocycles. The smallest absolute Gasteiger partial charge is 0.262 e. The molecule has 156 valence electrons. The second-order valence-electron chi connectivity index (χ2n) is 6.44. The summed E-state index contributed by atoms with van der Waals surface area (Å²) in [4.78, 5) is 13.5. The summed E-state index contributed by atoms with van der Waals surface area (Å²) in [6, 6.07) is 18.6. The molecule has 3 aromatic rings. The maximum absolute atomic E-state index is 13.0. The van der Waals surface area contributed by atoms with E-state index in [9.17, 15) is 13.2 Å². The maximum atomic E-state index is 13.0. The number of methoxy groups -OCH3 is 1. The molecule has 0 aromatic heterocycles. The van der Waals surface area contributed by atoms with Crippen LogP contribution < -0.4 is 14.8 Å². The number of nitrogens with one attached hydrogen (secondary N) is 2. The predicted molar refractivity (Wildman–Crippen MR) is 121 cm³/mol. The van der Waals surface area contributed by atoms with Gasteiger partial charge < -0.3 is 10.1 Å². The van der Waals surface area contributed by atoms with Crippen LogP contribution in [0.15, 0.2) is 76.5 Å². The minimum absolute atomic E-state index is 0.0132. The van der Waals surface area contributed by atoms with Gasteiger partial charge in [-0.2, -0.15) is 0 Å². The van der Waals surface area contributed by atoms with Gasteiger partial charge in [0.05, 0.1) is 23.4 Å². The Hall–Kier alpha value is -2.97. The largest absolute Gasteiger partial charge is 0.495 e. The van der Waals surface area contributed by atoms with Crippen molar-refractivity contribution < 1.29 is 17.9 Å². The number of rotatable bonds is 7. The third-order valence-electron chi connectivity index (χ3n) is 4.47. The maximum Gasteiger partial charge on any atom is 0.262 e. The Kier molecular flexibility index (Phi) is 6.69. The Bertz CT molecular complexity index is 1180. The zero-order valence-electron chi connectivity index (χ0n) is 16.8. The van der Waals surface area contributed by atoms with E-state index in [4.69, 9.17) is 4.74 Å². The third-order valence-corrected chi connectivity index (χ3v) is 6.63. The molecule has 6 nitrogen and oxygen atoms in total. The lowest BCUT2D eigenvalue weighted by atomic mass is 10.1. The first-order chi connectivity index (χ1) is 14.4. The second-order valence-corrected chi connectivity index (χ2v) is 8.97. The summed E-state index contributed by atoms with van der Waals surface area (Å²) in [5, 5.41) is 2.76. The number of aryl methyl sites for hydroxylation is 1. The molecule has 0 radical (unpaired) electrons. The zero-order valence-corrected chi connectivity index (χ0v) is 18.4. The van der Waals surface area contributed by atoms with Crippen molar-refractivity contribution in [1.29, 1.82) is 0 Å². The van der Waals surface area contributed by atoms with Gasteiger partial charge in [-0.05, 0) is 55.1 Å². The second kappa shape index (κ2) is 9.23. The fourth-order valence-electron chi connectivity index (χ4n) is 2.90. The van der Waals surface area contributed by atoms with Crippen LogP contribution in [0.3, 0.4) is 0 Å². The lowest BCUT2D eigenvalue weighted by Crippen LogP contribution is -2.16. The monoisotopic (exact) mass is 442 g/mol. The molecule has 3 rings (SSSR count). The molecule has 2 N–H and O–H groups in total. The number of benzene rings is 3. The van der Waals surface area contributed by atoms with Crippen LogP contribution in [0, 0.1) is 6.92 Å². The fraction of sp³-hybridized carbons (Fsp3) is 0.136. The van der Waals surface area contributed by atoms with Gasteiger partial charge in [0.2, 0.25) is 0 Å². The van der Waals surface area contributed by atoms with E-state index >= 15 is 0 Å². The number of carbonyl (C=O) groups is 1. The van der Waals surface area contributed by atoms with E-state index in [1.165, 1.54) is 37.1 Å². The summed E-state index contributed by atoms with van der Waals surface area (Å²) >= 11 is 1.44. The number of hydrogen-bond donors (Lipinski definition) is 2. The normalized spacial score (nSPS) is 11.0. The molecule has 0 unspecified atom stereocenters. The molecule has 0 saturated heterocycles. The number of amides is 1. The summed E-state index contributed by atoms with van der Waals surface area (Å²) in [5.41, 5.74) is 2.08. The van der Waals surface area contributed by atoms with Crippen molar-refractivity contribution in [1.82, 2.24) is 0 Å². The molecule has 0 bridgehead atoms. The molecular formula is C22H22N2O4S2. The van der Waals surface area contributed by atoms with Gasteiger partial charge in [0.15, 0.2) is 0 Å². The molecule has 0 fully saturated rings. The summed E-state index contributed by atoms with van der Waals surface area (Å²) in [6.45, 7) is 1.83. The minimum atomic E-state index is -3.87. The van der Waals surface area contributed by atoms with Gasteiger partial charge in [0.1, 0.15) is 5.75 Å². The summed E-state index contributed by atoms with van der Waals surface area (Å²) in [6.07, 6.45) is 1.87. The Morgan fingerprint density at radius 1 is 0.967 bits per heavy atom. The molecular weight excluding hydrogens is 420 g/mol. The lowest BCUT2D eigenvalue weighted by Gasteiger charge is -2.15. The summed E-state index contributed by atoms with van der Waals surface area (Å²) in [7, 11) is -2.41. The minimum Gasteiger partial charge on any atom is -0.495 e. The van der Waals surface area contributed by atoms with Crippen LogP contribution in [0.4, 0.5) is 11.4 Å². The van der Waals surface area contributed by atoms with Gasteiger partial charge in [-0.15, -0.1) is 11.8 Å². The SMILES string of the molecule is COc1ccc(S(=O)(=O)Nc2ccccc2SC)cc1NC(=O)c1ccccc1C. The van der Waals surface area contributed by atoms with Crippen molar-refractivity contribution in [3.8, 4) is 5.75 Å². The lowest BCUT2D eigenvalue weighted by molar-refractivity contribution is 0.102. The first-order valence-corrected chi connectivity index (χ1v) is 11.8. The van der Waals surface area contributed by atoms with Crippen LogP contribution in [-0.2, 0) is 10.0 Å². The molecule has 30 heavy (non-hydrogen) atoms. The van der Waals surface area contributed by atoms with E-state index in [1.54, 1.807) is 24.3 Å². The summed E-state index contributed by atoms with van der Waals surface area (Å²) < 4.78 is 33.8. The highest BCUT2D eigenvalue weighted by atomic mass is 32.2. The van der Waals surface area contributed by atoms with Gasteiger partial charge in [-0.3, -0.25) is 9.52 Å².